The highest BCUT2D eigenvalue weighted by atomic mass is 16.4. The molecule has 0 aromatic carbocycles. The van der Waals surface area contributed by atoms with Gasteiger partial charge in [0, 0.05) is 26.0 Å². The number of carboxylic acids is 1. The summed E-state index contributed by atoms with van der Waals surface area (Å²) in [6.45, 7) is 9.98. The number of fused-ring (bicyclic) bond motifs is 1. The average Bonchev–Trinajstić information content (AvgIpc) is 2.92. The smallest absolute Gasteiger partial charge is 0.305 e. The Morgan fingerprint density at radius 2 is 2.09 bits per heavy atom. The van der Waals surface area contributed by atoms with Crippen LogP contribution in [0.2, 0.25) is 0 Å². The van der Waals surface area contributed by atoms with Gasteiger partial charge in [0.05, 0.1) is 18.7 Å². The molecule has 0 aliphatic carbocycles. The lowest BCUT2D eigenvalue weighted by molar-refractivity contribution is -0.138. The van der Waals surface area contributed by atoms with Gasteiger partial charge in [0.15, 0.2) is 0 Å². The van der Waals surface area contributed by atoms with Crippen molar-refractivity contribution in [3.05, 3.63) is 36.3 Å². The zero-order valence-corrected chi connectivity index (χ0v) is 14.6. The fraction of sp³-hybridized carbons (Fsp3) is 0.471. The molecule has 126 valence electrons. The van der Waals surface area contributed by atoms with E-state index in [-0.39, 0.29) is 12.5 Å². The van der Waals surface area contributed by atoms with Gasteiger partial charge in [0.2, 0.25) is 0 Å². The van der Waals surface area contributed by atoms with Gasteiger partial charge in [-0.1, -0.05) is 27.4 Å². The van der Waals surface area contributed by atoms with E-state index in [1.165, 1.54) is 0 Å². The van der Waals surface area contributed by atoms with Crippen LogP contribution < -0.4 is 0 Å². The van der Waals surface area contributed by atoms with E-state index in [0.717, 1.165) is 28.7 Å². The molecule has 1 atom stereocenters. The fourth-order valence-corrected chi connectivity index (χ4v) is 2.33. The Morgan fingerprint density at radius 1 is 1.43 bits per heavy atom. The second-order valence-corrected chi connectivity index (χ2v) is 5.12. The van der Waals surface area contributed by atoms with Crippen molar-refractivity contribution in [3.63, 3.8) is 0 Å². The predicted molar refractivity (Wildman–Crippen MR) is 92.0 cm³/mol. The van der Waals surface area contributed by atoms with Gasteiger partial charge in [-0.25, -0.2) is 0 Å². The van der Waals surface area contributed by atoms with Crippen LogP contribution in [0.25, 0.3) is 11.0 Å². The minimum absolute atomic E-state index is 0.00442. The number of aliphatic carboxylic acids is 1. The Labute approximate surface area is 137 Å². The molecule has 0 bridgehead atoms. The van der Waals surface area contributed by atoms with Gasteiger partial charge in [-0.05, 0) is 18.1 Å². The van der Waals surface area contributed by atoms with E-state index >= 15 is 0 Å². The first-order valence-corrected chi connectivity index (χ1v) is 7.84. The molecule has 6 heteroatoms. The fourth-order valence-electron chi connectivity index (χ4n) is 2.33. The maximum atomic E-state index is 11.2. The number of carboxylic acid groups (broad SMARTS) is 1. The van der Waals surface area contributed by atoms with Crippen molar-refractivity contribution in [1.29, 1.82) is 0 Å². The molecule has 0 radical (unpaired) electrons. The lowest BCUT2D eigenvalue weighted by Gasteiger charge is -2.30. The molecule has 0 spiro atoms. The standard InChI is InChI=1S/C15H20N4O2.C2H6/c1-5-10(2)19(4)14(7-15(20)21)11-6-12-13(16-8-11)9-18(3)17-12;1-2/h6,8-9,14H,2,5,7H2,1,3-4H3,(H,20,21);1-2H3. The van der Waals surface area contributed by atoms with E-state index in [4.69, 9.17) is 5.11 Å². The van der Waals surface area contributed by atoms with Crippen LogP contribution in [0.1, 0.15) is 45.2 Å². The first-order valence-electron chi connectivity index (χ1n) is 7.84. The molecule has 23 heavy (non-hydrogen) atoms. The predicted octanol–water partition coefficient (Wildman–Crippen LogP) is 3.37. The summed E-state index contributed by atoms with van der Waals surface area (Å²) in [5.74, 6) is -0.850. The number of hydrogen-bond donors (Lipinski definition) is 1. The number of nitrogens with zero attached hydrogens (tertiary/aromatic N) is 4. The average molecular weight is 318 g/mol. The molecule has 2 aromatic heterocycles. The molecular formula is C17H26N4O2. The first kappa shape index (κ1) is 18.7. The number of allylic oxidation sites excluding steroid dienone is 1. The summed E-state index contributed by atoms with van der Waals surface area (Å²) in [5, 5.41) is 13.5. The second kappa shape index (κ2) is 8.31. The highest BCUT2D eigenvalue weighted by Crippen LogP contribution is 2.28. The summed E-state index contributed by atoms with van der Waals surface area (Å²) in [5.41, 5.74) is 3.29. The number of hydrogen-bond acceptors (Lipinski definition) is 4. The lowest BCUT2D eigenvalue weighted by atomic mass is 10.0. The first-order chi connectivity index (χ1) is 10.9. The summed E-state index contributed by atoms with van der Waals surface area (Å²) in [6, 6.07) is 1.60. The SMILES string of the molecule is C=C(CC)N(C)C(CC(=O)O)c1cnc2cn(C)nc2c1.CC. The minimum atomic E-state index is -0.850. The van der Waals surface area contributed by atoms with Crippen molar-refractivity contribution in [1.82, 2.24) is 19.7 Å². The normalized spacial score (nSPS) is 11.5. The molecule has 2 rings (SSSR count). The highest BCUT2D eigenvalue weighted by molar-refractivity contribution is 5.74. The summed E-state index contributed by atoms with van der Waals surface area (Å²) in [7, 11) is 3.70. The van der Waals surface area contributed by atoms with E-state index in [1.807, 2.05) is 52.0 Å². The molecule has 0 amide bonds. The molecule has 6 nitrogen and oxygen atoms in total. The van der Waals surface area contributed by atoms with Crippen LogP contribution in [0.4, 0.5) is 0 Å². The zero-order valence-electron chi connectivity index (χ0n) is 14.6. The van der Waals surface area contributed by atoms with Crippen LogP contribution in [0.15, 0.2) is 30.7 Å². The Morgan fingerprint density at radius 3 is 2.65 bits per heavy atom. The molecule has 2 aromatic rings. The Bertz CT molecular complexity index is 678. The Balaban J connectivity index is 0.00000127. The largest absolute Gasteiger partial charge is 0.481 e. The molecule has 2 heterocycles. The van der Waals surface area contributed by atoms with E-state index in [2.05, 4.69) is 16.7 Å². The van der Waals surface area contributed by atoms with E-state index < -0.39 is 5.97 Å². The topological polar surface area (TPSA) is 71.2 Å². The third-order valence-electron chi connectivity index (χ3n) is 3.62. The Hall–Kier alpha value is -2.37. The van der Waals surface area contributed by atoms with Crippen LogP contribution in [-0.4, -0.2) is 37.8 Å². The molecule has 1 unspecified atom stereocenters. The number of aryl methyl sites for hydroxylation is 1. The molecular weight excluding hydrogens is 292 g/mol. The van der Waals surface area contributed by atoms with Crippen LogP contribution in [-0.2, 0) is 11.8 Å². The number of pyridine rings is 1. The van der Waals surface area contributed by atoms with Crippen molar-refractivity contribution in [3.8, 4) is 0 Å². The summed E-state index contributed by atoms with van der Waals surface area (Å²) < 4.78 is 1.70. The summed E-state index contributed by atoms with van der Waals surface area (Å²) in [4.78, 5) is 17.4. The van der Waals surface area contributed by atoms with Crippen LogP contribution in [0.3, 0.4) is 0 Å². The second-order valence-electron chi connectivity index (χ2n) is 5.12. The van der Waals surface area contributed by atoms with Crippen LogP contribution >= 0.6 is 0 Å². The summed E-state index contributed by atoms with van der Waals surface area (Å²) >= 11 is 0. The van der Waals surface area contributed by atoms with Crippen molar-refractivity contribution in [2.75, 3.05) is 7.05 Å². The third kappa shape index (κ3) is 4.55. The van der Waals surface area contributed by atoms with Crippen molar-refractivity contribution in [2.24, 2.45) is 7.05 Å². The minimum Gasteiger partial charge on any atom is -0.481 e. The lowest BCUT2D eigenvalue weighted by Crippen LogP contribution is -2.25. The van der Waals surface area contributed by atoms with Crippen molar-refractivity contribution >= 4 is 17.0 Å². The van der Waals surface area contributed by atoms with Gasteiger partial charge in [-0.3, -0.25) is 14.5 Å². The van der Waals surface area contributed by atoms with Crippen LogP contribution in [0.5, 0.6) is 0 Å². The molecule has 0 aliphatic heterocycles. The molecule has 0 fully saturated rings. The number of carbonyl (C=O) groups is 1. The maximum Gasteiger partial charge on any atom is 0.305 e. The van der Waals surface area contributed by atoms with Crippen molar-refractivity contribution in [2.45, 2.75) is 39.7 Å². The van der Waals surface area contributed by atoms with Crippen molar-refractivity contribution < 1.29 is 9.90 Å². The van der Waals surface area contributed by atoms with Crippen LogP contribution in [0, 0.1) is 0 Å². The van der Waals surface area contributed by atoms with Gasteiger partial charge in [-0.2, -0.15) is 5.10 Å². The van der Waals surface area contributed by atoms with Gasteiger partial charge in [0.1, 0.15) is 11.0 Å². The third-order valence-corrected chi connectivity index (χ3v) is 3.62. The van der Waals surface area contributed by atoms with Gasteiger partial charge >= 0.3 is 5.97 Å². The summed E-state index contributed by atoms with van der Waals surface area (Å²) in [6.07, 6.45) is 4.32. The zero-order chi connectivity index (χ0) is 17.6. The monoisotopic (exact) mass is 318 g/mol. The number of aromatic nitrogens is 3. The highest BCUT2D eigenvalue weighted by Gasteiger charge is 2.22. The molecule has 0 saturated heterocycles. The quantitative estimate of drug-likeness (QED) is 0.884. The van der Waals surface area contributed by atoms with Gasteiger partial charge in [0.25, 0.3) is 0 Å². The molecule has 0 saturated carbocycles. The maximum absolute atomic E-state index is 11.2. The van der Waals surface area contributed by atoms with E-state index in [9.17, 15) is 4.79 Å². The van der Waals surface area contributed by atoms with E-state index in [0.29, 0.717) is 0 Å². The molecule has 1 N–H and O–H groups in total. The molecule has 0 aliphatic rings. The van der Waals surface area contributed by atoms with E-state index in [1.54, 1.807) is 10.9 Å². The van der Waals surface area contributed by atoms with Gasteiger partial charge in [-0.15, -0.1) is 0 Å². The van der Waals surface area contributed by atoms with Gasteiger partial charge < -0.3 is 10.0 Å². The Kier molecular flexibility index (Phi) is 6.75. The number of rotatable bonds is 6.